The molecular weight excluding hydrogens is 235 g/mol. The number of hydrogen-bond donors (Lipinski definition) is 2. The van der Waals surface area contributed by atoms with Crippen LogP contribution in [0.3, 0.4) is 0 Å². The lowest BCUT2D eigenvalue weighted by Crippen LogP contribution is -2.13. The van der Waals surface area contributed by atoms with E-state index in [0.717, 1.165) is 0 Å². The van der Waals surface area contributed by atoms with Gasteiger partial charge in [0.25, 0.3) is 0 Å². The van der Waals surface area contributed by atoms with Crippen LogP contribution in [-0.2, 0) is 0 Å². The van der Waals surface area contributed by atoms with Gasteiger partial charge in [-0.05, 0) is 30.7 Å². The van der Waals surface area contributed by atoms with E-state index in [9.17, 15) is 4.39 Å². The van der Waals surface area contributed by atoms with Gasteiger partial charge in [0.2, 0.25) is 5.88 Å². The van der Waals surface area contributed by atoms with E-state index >= 15 is 0 Å². The Kier molecular flexibility index (Phi) is 3.18. The molecule has 0 aliphatic rings. The topological polar surface area (TPSA) is 84.9 Å². The number of aryl methyl sites for hydroxylation is 1. The van der Waals surface area contributed by atoms with Crippen LogP contribution in [0.15, 0.2) is 30.6 Å². The molecule has 92 valence electrons. The SMILES string of the molecule is Cc1cc(Oc2cnc(C(=N)N)cn2)ccc1F. The van der Waals surface area contributed by atoms with Crippen molar-refractivity contribution in [2.24, 2.45) is 5.73 Å². The molecule has 18 heavy (non-hydrogen) atoms. The second-order valence-corrected chi connectivity index (χ2v) is 3.67. The van der Waals surface area contributed by atoms with Crippen LogP contribution in [0.25, 0.3) is 0 Å². The molecule has 0 fully saturated rings. The molecule has 1 heterocycles. The van der Waals surface area contributed by atoms with Crippen molar-refractivity contribution in [3.8, 4) is 11.6 Å². The minimum absolute atomic E-state index is 0.160. The fraction of sp³-hybridized carbons (Fsp3) is 0.0833. The summed E-state index contributed by atoms with van der Waals surface area (Å²) in [4.78, 5) is 7.85. The number of hydrogen-bond acceptors (Lipinski definition) is 4. The van der Waals surface area contributed by atoms with Crippen LogP contribution in [0, 0.1) is 18.2 Å². The summed E-state index contributed by atoms with van der Waals surface area (Å²) >= 11 is 0. The van der Waals surface area contributed by atoms with E-state index in [4.69, 9.17) is 15.9 Å². The van der Waals surface area contributed by atoms with Gasteiger partial charge in [0, 0.05) is 0 Å². The number of amidine groups is 1. The van der Waals surface area contributed by atoms with Crippen molar-refractivity contribution in [1.29, 1.82) is 5.41 Å². The number of nitrogens with two attached hydrogens (primary N) is 1. The van der Waals surface area contributed by atoms with E-state index < -0.39 is 0 Å². The standard InChI is InChI=1S/C12H11FN4O/c1-7-4-8(2-3-9(7)13)18-11-6-16-10(5-17-11)12(14)15/h2-6H,1H3,(H3,14,15). The van der Waals surface area contributed by atoms with E-state index in [-0.39, 0.29) is 23.2 Å². The molecule has 1 aromatic heterocycles. The van der Waals surface area contributed by atoms with E-state index in [0.29, 0.717) is 11.3 Å². The Bertz CT molecular complexity index is 583. The van der Waals surface area contributed by atoms with Gasteiger partial charge in [-0.1, -0.05) is 0 Å². The highest BCUT2D eigenvalue weighted by Crippen LogP contribution is 2.21. The molecule has 0 aliphatic carbocycles. The smallest absolute Gasteiger partial charge is 0.237 e. The first-order valence-electron chi connectivity index (χ1n) is 5.16. The van der Waals surface area contributed by atoms with Crippen LogP contribution in [0.5, 0.6) is 11.6 Å². The Morgan fingerprint density at radius 1 is 1.33 bits per heavy atom. The minimum Gasteiger partial charge on any atom is -0.437 e. The maximum Gasteiger partial charge on any atom is 0.237 e. The first kappa shape index (κ1) is 12.0. The highest BCUT2D eigenvalue weighted by molar-refractivity contribution is 5.92. The van der Waals surface area contributed by atoms with Gasteiger partial charge >= 0.3 is 0 Å². The number of nitrogens with zero attached hydrogens (tertiary/aromatic N) is 2. The summed E-state index contributed by atoms with van der Waals surface area (Å²) in [6, 6.07) is 4.39. The second kappa shape index (κ2) is 4.79. The molecule has 0 spiro atoms. The molecule has 0 saturated carbocycles. The molecule has 1 aromatic carbocycles. The fourth-order valence-electron chi connectivity index (χ4n) is 1.31. The van der Waals surface area contributed by atoms with Crippen molar-refractivity contribution in [3.63, 3.8) is 0 Å². The molecule has 3 N–H and O–H groups in total. The van der Waals surface area contributed by atoms with Gasteiger partial charge in [0.15, 0.2) is 0 Å². The van der Waals surface area contributed by atoms with Gasteiger partial charge in [0.1, 0.15) is 23.1 Å². The summed E-state index contributed by atoms with van der Waals surface area (Å²) in [7, 11) is 0. The number of ether oxygens (including phenoxy) is 1. The lowest BCUT2D eigenvalue weighted by molar-refractivity contribution is 0.457. The fourth-order valence-corrected chi connectivity index (χ4v) is 1.31. The maximum atomic E-state index is 13.1. The average Bonchev–Trinajstić information content (AvgIpc) is 2.34. The molecule has 0 bridgehead atoms. The van der Waals surface area contributed by atoms with E-state index in [1.807, 2.05) is 0 Å². The number of aromatic nitrogens is 2. The van der Waals surface area contributed by atoms with Crippen molar-refractivity contribution >= 4 is 5.84 Å². The molecule has 0 radical (unpaired) electrons. The van der Waals surface area contributed by atoms with Gasteiger partial charge in [-0.15, -0.1) is 0 Å². The normalized spacial score (nSPS) is 10.1. The van der Waals surface area contributed by atoms with Crippen molar-refractivity contribution in [3.05, 3.63) is 47.7 Å². The van der Waals surface area contributed by atoms with Gasteiger partial charge in [-0.2, -0.15) is 0 Å². The quantitative estimate of drug-likeness (QED) is 0.640. The molecule has 2 aromatic rings. The summed E-state index contributed by atoms with van der Waals surface area (Å²) < 4.78 is 18.5. The highest BCUT2D eigenvalue weighted by atomic mass is 19.1. The summed E-state index contributed by atoms with van der Waals surface area (Å²) in [6.07, 6.45) is 2.70. The van der Waals surface area contributed by atoms with Crippen LogP contribution in [0.4, 0.5) is 4.39 Å². The predicted octanol–water partition coefficient (Wildman–Crippen LogP) is 2.00. The molecule has 0 saturated heterocycles. The number of benzene rings is 1. The molecule has 0 aliphatic heterocycles. The summed E-state index contributed by atoms with van der Waals surface area (Å²) in [5.74, 6) is 0.275. The number of rotatable bonds is 3. The van der Waals surface area contributed by atoms with Crippen LogP contribution < -0.4 is 10.5 Å². The first-order chi connectivity index (χ1) is 8.56. The molecule has 6 heteroatoms. The largest absolute Gasteiger partial charge is 0.437 e. The zero-order chi connectivity index (χ0) is 13.1. The van der Waals surface area contributed by atoms with Crippen LogP contribution >= 0.6 is 0 Å². The first-order valence-corrected chi connectivity index (χ1v) is 5.16. The van der Waals surface area contributed by atoms with Crippen molar-refractivity contribution in [2.75, 3.05) is 0 Å². The van der Waals surface area contributed by atoms with Crippen molar-refractivity contribution in [2.45, 2.75) is 6.92 Å². The minimum atomic E-state index is -0.291. The van der Waals surface area contributed by atoms with Gasteiger partial charge < -0.3 is 10.5 Å². The second-order valence-electron chi connectivity index (χ2n) is 3.67. The van der Waals surface area contributed by atoms with Crippen LogP contribution in [0.2, 0.25) is 0 Å². The molecule has 0 unspecified atom stereocenters. The zero-order valence-corrected chi connectivity index (χ0v) is 9.64. The molecule has 2 rings (SSSR count). The Labute approximate surface area is 103 Å². The highest BCUT2D eigenvalue weighted by Gasteiger charge is 2.04. The Hall–Kier alpha value is -2.50. The number of halogens is 1. The molecular formula is C12H11FN4O. The third-order valence-corrected chi connectivity index (χ3v) is 2.26. The number of nitrogens with one attached hydrogen (secondary N) is 1. The maximum absolute atomic E-state index is 13.1. The monoisotopic (exact) mass is 246 g/mol. The van der Waals surface area contributed by atoms with E-state index in [1.165, 1.54) is 24.5 Å². The van der Waals surface area contributed by atoms with Crippen LogP contribution in [-0.4, -0.2) is 15.8 Å². The zero-order valence-electron chi connectivity index (χ0n) is 9.64. The van der Waals surface area contributed by atoms with Gasteiger partial charge in [0.05, 0.1) is 12.4 Å². The van der Waals surface area contributed by atoms with Crippen molar-refractivity contribution in [1.82, 2.24) is 9.97 Å². The van der Waals surface area contributed by atoms with E-state index in [2.05, 4.69) is 9.97 Å². The van der Waals surface area contributed by atoms with Gasteiger partial charge in [-0.3, -0.25) is 5.41 Å². The van der Waals surface area contributed by atoms with Crippen molar-refractivity contribution < 1.29 is 9.13 Å². The summed E-state index contributed by atoms with van der Waals surface area (Å²) in [5.41, 5.74) is 6.01. The lowest BCUT2D eigenvalue weighted by Gasteiger charge is -2.06. The molecule has 0 atom stereocenters. The average molecular weight is 246 g/mol. The number of nitrogen functional groups attached to an aromatic ring is 1. The Morgan fingerprint density at radius 3 is 2.67 bits per heavy atom. The van der Waals surface area contributed by atoms with E-state index in [1.54, 1.807) is 13.0 Å². The molecule has 0 amide bonds. The third kappa shape index (κ3) is 2.60. The summed E-state index contributed by atoms with van der Waals surface area (Å²) in [5, 5.41) is 7.17. The predicted molar refractivity (Wildman–Crippen MR) is 64.3 cm³/mol. The molecule has 5 nitrogen and oxygen atoms in total. The lowest BCUT2D eigenvalue weighted by atomic mass is 10.2. The summed E-state index contributed by atoms with van der Waals surface area (Å²) in [6.45, 7) is 1.65. The van der Waals surface area contributed by atoms with Gasteiger partial charge in [-0.25, -0.2) is 14.4 Å². The Balaban J connectivity index is 2.18. The Morgan fingerprint density at radius 2 is 2.11 bits per heavy atom. The third-order valence-electron chi connectivity index (χ3n) is 2.26. The van der Waals surface area contributed by atoms with Crippen LogP contribution in [0.1, 0.15) is 11.3 Å².